The van der Waals surface area contributed by atoms with Gasteiger partial charge in [0.05, 0.1) is 20.3 Å². The van der Waals surface area contributed by atoms with Gasteiger partial charge in [-0.1, -0.05) is 12.2 Å². The van der Waals surface area contributed by atoms with Gasteiger partial charge in [0.2, 0.25) is 5.91 Å². The van der Waals surface area contributed by atoms with Crippen molar-refractivity contribution in [1.82, 2.24) is 14.7 Å². The van der Waals surface area contributed by atoms with Crippen molar-refractivity contribution < 1.29 is 19.1 Å². The minimum absolute atomic E-state index is 0.00255. The van der Waals surface area contributed by atoms with E-state index in [9.17, 15) is 9.59 Å². The van der Waals surface area contributed by atoms with Crippen LogP contribution in [0.2, 0.25) is 0 Å². The van der Waals surface area contributed by atoms with E-state index in [-0.39, 0.29) is 11.8 Å². The van der Waals surface area contributed by atoms with Gasteiger partial charge in [-0.3, -0.25) is 14.5 Å². The summed E-state index contributed by atoms with van der Waals surface area (Å²) in [5, 5.41) is 0. The van der Waals surface area contributed by atoms with Crippen molar-refractivity contribution in [2.24, 2.45) is 0 Å². The number of carbonyl (C=O) groups is 2. The van der Waals surface area contributed by atoms with E-state index >= 15 is 0 Å². The van der Waals surface area contributed by atoms with Gasteiger partial charge < -0.3 is 24.2 Å². The monoisotopic (exact) mass is 428 g/mol. The summed E-state index contributed by atoms with van der Waals surface area (Å²) in [4.78, 5) is 33.9. The lowest BCUT2D eigenvalue weighted by Crippen LogP contribution is -2.61. The Balaban J connectivity index is 1.31. The Bertz CT molecular complexity index is 819. The minimum atomic E-state index is -0.868. The predicted molar refractivity (Wildman–Crippen MR) is 118 cm³/mol. The van der Waals surface area contributed by atoms with Crippen LogP contribution in [0.3, 0.4) is 0 Å². The van der Waals surface area contributed by atoms with Crippen LogP contribution < -0.4 is 9.64 Å². The molecule has 3 aliphatic heterocycles. The molecular weight excluding hydrogens is 396 g/mol. The lowest BCUT2D eigenvalue weighted by atomic mass is 9.95. The highest BCUT2D eigenvalue weighted by Crippen LogP contribution is 2.27. The van der Waals surface area contributed by atoms with Crippen molar-refractivity contribution in [3.8, 4) is 5.75 Å². The number of piperazine rings is 1. The van der Waals surface area contributed by atoms with E-state index in [4.69, 9.17) is 9.47 Å². The summed E-state index contributed by atoms with van der Waals surface area (Å²) in [6.07, 6.45) is 4.58. The number of nitrogens with zero attached hydrogens (tertiary/aromatic N) is 4. The molecule has 2 amide bonds. The van der Waals surface area contributed by atoms with Crippen LogP contribution in [0.15, 0.2) is 36.4 Å². The number of likely N-dealkylation sites (N-methyl/N-ethyl adjacent to an activating group) is 1. The van der Waals surface area contributed by atoms with Crippen LogP contribution in [0.4, 0.5) is 5.69 Å². The SMILES string of the molecule is COc1ccc(N2CCN(C(=O)CN3CCO[C@]4(CC=CCN(C)C4=O)C3)CC2)cc1. The van der Waals surface area contributed by atoms with Gasteiger partial charge in [0, 0.05) is 65.0 Å². The third-order valence-electron chi connectivity index (χ3n) is 6.42. The molecule has 1 aromatic rings. The molecule has 0 N–H and O–H groups in total. The van der Waals surface area contributed by atoms with Crippen molar-refractivity contribution in [1.29, 1.82) is 0 Å². The molecule has 0 aliphatic carbocycles. The topological polar surface area (TPSA) is 65.6 Å². The molecule has 31 heavy (non-hydrogen) atoms. The van der Waals surface area contributed by atoms with Gasteiger partial charge >= 0.3 is 0 Å². The molecule has 168 valence electrons. The fraction of sp³-hybridized carbons (Fsp3) is 0.565. The van der Waals surface area contributed by atoms with Gasteiger partial charge in [-0.25, -0.2) is 0 Å². The van der Waals surface area contributed by atoms with Gasteiger partial charge in [0.15, 0.2) is 5.60 Å². The molecule has 8 heteroatoms. The quantitative estimate of drug-likeness (QED) is 0.662. The fourth-order valence-electron chi connectivity index (χ4n) is 4.57. The zero-order chi connectivity index (χ0) is 21.8. The molecule has 0 unspecified atom stereocenters. The van der Waals surface area contributed by atoms with E-state index in [1.807, 2.05) is 29.2 Å². The number of rotatable bonds is 4. The minimum Gasteiger partial charge on any atom is -0.497 e. The van der Waals surface area contributed by atoms with E-state index in [1.165, 1.54) is 0 Å². The smallest absolute Gasteiger partial charge is 0.256 e. The van der Waals surface area contributed by atoms with Crippen LogP contribution >= 0.6 is 0 Å². The molecule has 3 aliphatic rings. The van der Waals surface area contributed by atoms with Gasteiger partial charge in [0.1, 0.15) is 5.75 Å². The first-order chi connectivity index (χ1) is 15.0. The highest BCUT2D eigenvalue weighted by molar-refractivity contribution is 5.86. The number of hydrogen-bond acceptors (Lipinski definition) is 6. The summed E-state index contributed by atoms with van der Waals surface area (Å²) in [6.45, 7) is 5.52. The first-order valence-corrected chi connectivity index (χ1v) is 10.9. The summed E-state index contributed by atoms with van der Waals surface area (Å²) in [5.74, 6) is 0.967. The summed E-state index contributed by atoms with van der Waals surface area (Å²) in [7, 11) is 3.46. The average Bonchev–Trinajstić information content (AvgIpc) is 2.93. The first-order valence-electron chi connectivity index (χ1n) is 10.9. The molecular formula is C23H32N4O4. The van der Waals surface area contributed by atoms with Gasteiger partial charge in [-0.2, -0.15) is 0 Å². The maximum absolute atomic E-state index is 13.0. The zero-order valence-corrected chi connectivity index (χ0v) is 18.5. The second kappa shape index (κ2) is 9.28. The van der Waals surface area contributed by atoms with Crippen molar-refractivity contribution in [2.45, 2.75) is 12.0 Å². The lowest BCUT2D eigenvalue weighted by Gasteiger charge is -2.42. The normalized spacial score (nSPS) is 25.1. The highest BCUT2D eigenvalue weighted by Gasteiger charge is 2.45. The number of morpholine rings is 1. The molecule has 0 bridgehead atoms. The third kappa shape index (κ3) is 4.70. The number of benzene rings is 1. The van der Waals surface area contributed by atoms with Crippen molar-refractivity contribution in [2.75, 3.05) is 78.0 Å². The summed E-state index contributed by atoms with van der Waals surface area (Å²) >= 11 is 0. The standard InChI is InChI=1S/C23H32N4O4/c1-24-10-4-3-9-23(22(24)29)18-25(15-16-31-23)17-21(28)27-13-11-26(12-14-27)19-5-7-20(30-2)8-6-19/h3-8H,9-18H2,1-2H3/t23-/m1/s1. The molecule has 3 heterocycles. The summed E-state index contributed by atoms with van der Waals surface area (Å²) in [5.41, 5.74) is 0.278. The van der Waals surface area contributed by atoms with Gasteiger partial charge in [0.25, 0.3) is 5.91 Å². The van der Waals surface area contributed by atoms with E-state index in [0.717, 1.165) is 24.5 Å². The van der Waals surface area contributed by atoms with Crippen LogP contribution in [-0.2, 0) is 14.3 Å². The van der Waals surface area contributed by atoms with Gasteiger partial charge in [-0.15, -0.1) is 0 Å². The Morgan fingerprint density at radius 2 is 1.84 bits per heavy atom. The third-order valence-corrected chi connectivity index (χ3v) is 6.42. The molecule has 0 saturated carbocycles. The Hall–Kier alpha value is -2.58. The molecule has 0 aromatic heterocycles. The molecule has 1 atom stereocenters. The van der Waals surface area contributed by atoms with Gasteiger partial charge in [-0.05, 0) is 24.3 Å². The Labute approximate surface area is 184 Å². The number of ether oxygens (including phenoxy) is 2. The van der Waals surface area contributed by atoms with Crippen molar-refractivity contribution in [3.63, 3.8) is 0 Å². The second-order valence-electron chi connectivity index (χ2n) is 8.48. The van der Waals surface area contributed by atoms with Crippen LogP contribution in [0.5, 0.6) is 5.75 Å². The van der Waals surface area contributed by atoms with Crippen LogP contribution in [0, 0.1) is 0 Å². The molecule has 1 spiro atoms. The number of hydrogen-bond donors (Lipinski definition) is 0. The van der Waals surface area contributed by atoms with Crippen LogP contribution in [0.1, 0.15) is 6.42 Å². The molecule has 0 radical (unpaired) electrons. The lowest BCUT2D eigenvalue weighted by molar-refractivity contribution is -0.169. The molecule has 2 fully saturated rings. The van der Waals surface area contributed by atoms with Crippen molar-refractivity contribution >= 4 is 17.5 Å². The molecule has 8 nitrogen and oxygen atoms in total. The average molecular weight is 429 g/mol. The Morgan fingerprint density at radius 3 is 2.55 bits per heavy atom. The Kier molecular flexibility index (Phi) is 6.48. The highest BCUT2D eigenvalue weighted by atomic mass is 16.5. The second-order valence-corrected chi connectivity index (χ2v) is 8.48. The number of anilines is 1. The van der Waals surface area contributed by atoms with Crippen LogP contribution in [-0.4, -0.2) is 105 Å². The van der Waals surface area contributed by atoms with E-state index in [0.29, 0.717) is 52.3 Å². The molecule has 1 aromatic carbocycles. The fourth-order valence-corrected chi connectivity index (χ4v) is 4.57. The Morgan fingerprint density at radius 1 is 1.10 bits per heavy atom. The van der Waals surface area contributed by atoms with Crippen molar-refractivity contribution in [3.05, 3.63) is 36.4 Å². The summed E-state index contributed by atoms with van der Waals surface area (Å²) < 4.78 is 11.2. The largest absolute Gasteiger partial charge is 0.497 e. The number of carbonyl (C=O) groups excluding carboxylic acids is 2. The van der Waals surface area contributed by atoms with E-state index in [1.54, 1.807) is 19.1 Å². The number of methoxy groups -OCH3 is 1. The number of amides is 2. The van der Waals surface area contributed by atoms with E-state index in [2.05, 4.69) is 21.9 Å². The molecule has 4 rings (SSSR count). The maximum atomic E-state index is 13.0. The summed E-state index contributed by atoms with van der Waals surface area (Å²) in [6, 6.07) is 8.03. The molecule has 2 saturated heterocycles. The van der Waals surface area contributed by atoms with E-state index < -0.39 is 5.60 Å². The van der Waals surface area contributed by atoms with Crippen LogP contribution in [0.25, 0.3) is 0 Å². The maximum Gasteiger partial charge on any atom is 0.256 e. The zero-order valence-electron chi connectivity index (χ0n) is 18.5. The predicted octanol–water partition coefficient (Wildman–Crippen LogP) is 0.833. The first kappa shape index (κ1) is 21.6.